The van der Waals surface area contributed by atoms with Crippen molar-refractivity contribution in [2.24, 2.45) is 0 Å². The van der Waals surface area contributed by atoms with Crippen LogP contribution in [0.5, 0.6) is 0 Å². The molecule has 0 fully saturated rings. The lowest BCUT2D eigenvalue weighted by atomic mass is 9.84. The summed E-state index contributed by atoms with van der Waals surface area (Å²) in [6.45, 7) is 2.36. The predicted octanol–water partition coefficient (Wildman–Crippen LogP) is 7.49. The second kappa shape index (κ2) is 9.08. The van der Waals surface area contributed by atoms with Crippen molar-refractivity contribution < 1.29 is 0 Å². The van der Waals surface area contributed by atoms with Crippen molar-refractivity contribution in [2.45, 2.75) is 55.9 Å². The normalized spacial score (nSPS) is 20.2. The van der Waals surface area contributed by atoms with Crippen molar-refractivity contribution in [1.82, 2.24) is 0 Å². The number of hydrogen-bond donors (Lipinski definition) is 0. The van der Waals surface area contributed by atoms with Gasteiger partial charge in [0.05, 0.1) is 0 Å². The number of thioether (sulfide) groups is 2. The summed E-state index contributed by atoms with van der Waals surface area (Å²) in [4.78, 5) is 0. The largest absolute Gasteiger partial charge is 0.157 e. The molecule has 3 aromatic rings. The molecular formula is C29H32S2. The highest BCUT2D eigenvalue weighted by Crippen LogP contribution is 2.42. The summed E-state index contributed by atoms with van der Waals surface area (Å²) in [7, 11) is 0. The van der Waals surface area contributed by atoms with Gasteiger partial charge in [0.25, 0.3) is 0 Å². The summed E-state index contributed by atoms with van der Waals surface area (Å²) in [6.07, 6.45) is 11.4. The van der Waals surface area contributed by atoms with Crippen molar-refractivity contribution in [3.8, 4) is 0 Å². The average Bonchev–Trinajstić information content (AvgIpc) is 2.82. The van der Waals surface area contributed by atoms with E-state index in [2.05, 4.69) is 74.0 Å². The molecule has 0 aromatic heterocycles. The van der Waals surface area contributed by atoms with Crippen LogP contribution >= 0.6 is 23.5 Å². The Kier molecular flexibility index (Phi) is 6.21. The minimum absolute atomic E-state index is 0.522. The van der Waals surface area contributed by atoms with E-state index in [-0.39, 0.29) is 0 Å². The van der Waals surface area contributed by atoms with Crippen LogP contribution in [0.4, 0.5) is 0 Å². The molecule has 8 bridgehead atoms. The fourth-order valence-corrected chi connectivity index (χ4v) is 7.32. The van der Waals surface area contributed by atoms with E-state index >= 15 is 0 Å². The number of aryl methyl sites for hydroxylation is 3. The molecule has 31 heavy (non-hydrogen) atoms. The highest BCUT2D eigenvalue weighted by atomic mass is 32.2. The Hall–Kier alpha value is -1.64. The minimum atomic E-state index is 0.522. The first-order valence-corrected chi connectivity index (χ1v) is 14.1. The SMILES string of the molecule is CSC1Cc2cc3cc(c2CCc2cccc(c2)CC3)CC(SC)c2cccc1c2C. The molecule has 0 radical (unpaired) electrons. The quantitative estimate of drug-likeness (QED) is 0.402. The summed E-state index contributed by atoms with van der Waals surface area (Å²) in [5, 5.41) is 1.04. The molecule has 0 saturated carbocycles. The van der Waals surface area contributed by atoms with Gasteiger partial charge in [0, 0.05) is 10.5 Å². The van der Waals surface area contributed by atoms with Gasteiger partial charge in [-0.05, 0) is 108 Å². The summed E-state index contributed by atoms with van der Waals surface area (Å²) in [5.74, 6) is 0. The van der Waals surface area contributed by atoms with Crippen LogP contribution in [0.3, 0.4) is 0 Å². The fourth-order valence-electron chi connectivity index (χ4n) is 5.61. The van der Waals surface area contributed by atoms with E-state index < -0.39 is 0 Å². The zero-order valence-corrected chi connectivity index (χ0v) is 20.5. The van der Waals surface area contributed by atoms with E-state index in [4.69, 9.17) is 0 Å². The van der Waals surface area contributed by atoms with Gasteiger partial charge in [-0.15, -0.1) is 0 Å². The topological polar surface area (TPSA) is 0 Å². The average molecular weight is 445 g/mol. The Bertz CT molecular complexity index is 1040. The maximum atomic E-state index is 2.56. The van der Waals surface area contributed by atoms with E-state index in [0.29, 0.717) is 10.5 Å². The molecule has 0 amide bonds. The zero-order chi connectivity index (χ0) is 21.4. The van der Waals surface area contributed by atoms with Crippen LogP contribution in [0.25, 0.3) is 0 Å². The lowest BCUT2D eigenvalue weighted by molar-refractivity contribution is 0.816. The van der Waals surface area contributed by atoms with Crippen molar-refractivity contribution in [3.63, 3.8) is 0 Å². The van der Waals surface area contributed by atoms with Gasteiger partial charge in [0.15, 0.2) is 0 Å². The van der Waals surface area contributed by atoms with Crippen LogP contribution < -0.4 is 0 Å². The smallest absolute Gasteiger partial charge is 0.0337 e. The molecule has 0 heterocycles. The van der Waals surface area contributed by atoms with Gasteiger partial charge in [-0.1, -0.05) is 54.6 Å². The molecule has 0 saturated heterocycles. The van der Waals surface area contributed by atoms with E-state index in [1.54, 1.807) is 27.8 Å². The summed E-state index contributed by atoms with van der Waals surface area (Å²) in [6, 6.07) is 21.5. The number of rotatable bonds is 2. The fraction of sp³-hybridized carbons (Fsp3) is 0.379. The van der Waals surface area contributed by atoms with Gasteiger partial charge >= 0.3 is 0 Å². The second-order valence-corrected chi connectivity index (χ2v) is 11.2. The maximum absolute atomic E-state index is 2.56. The molecule has 3 aromatic carbocycles. The molecule has 0 spiro atoms. The molecule has 160 valence electrons. The Morgan fingerprint density at radius 2 is 1.16 bits per heavy atom. The Balaban J connectivity index is 1.67. The summed E-state index contributed by atoms with van der Waals surface area (Å²) >= 11 is 4.04. The Morgan fingerprint density at radius 1 is 0.645 bits per heavy atom. The lowest BCUT2D eigenvalue weighted by Gasteiger charge is -2.28. The molecular weight excluding hydrogens is 412 g/mol. The summed E-state index contributed by atoms with van der Waals surface area (Å²) < 4.78 is 0. The van der Waals surface area contributed by atoms with Gasteiger partial charge in [-0.25, -0.2) is 0 Å². The first-order valence-electron chi connectivity index (χ1n) is 11.5. The molecule has 0 N–H and O–H groups in total. The molecule has 3 aliphatic rings. The number of hydrogen-bond acceptors (Lipinski definition) is 2. The lowest BCUT2D eigenvalue weighted by Crippen LogP contribution is -2.14. The van der Waals surface area contributed by atoms with Crippen molar-refractivity contribution in [3.05, 3.63) is 105 Å². The Labute approximate surface area is 196 Å². The van der Waals surface area contributed by atoms with Gasteiger partial charge in [0.2, 0.25) is 0 Å². The molecule has 2 atom stereocenters. The monoisotopic (exact) mass is 444 g/mol. The molecule has 2 heteroatoms. The molecule has 6 rings (SSSR count). The van der Waals surface area contributed by atoms with Crippen LogP contribution in [0.15, 0.2) is 54.6 Å². The maximum Gasteiger partial charge on any atom is 0.0337 e. The third kappa shape index (κ3) is 4.22. The predicted molar refractivity (Wildman–Crippen MR) is 139 cm³/mol. The first kappa shape index (κ1) is 21.2. The van der Waals surface area contributed by atoms with Crippen LogP contribution in [-0.4, -0.2) is 12.5 Å². The van der Waals surface area contributed by atoms with E-state index in [1.165, 1.54) is 22.3 Å². The van der Waals surface area contributed by atoms with Crippen LogP contribution in [0.2, 0.25) is 0 Å². The van der Waals surface area contributed by atoms with Crippen molar-refractivity contribution in [2.75, 3.05) is 12.5 Å². The molecule has 0 aliphatic heterocycles. The number of benzene rings is 3. The summed E-state index contributed by atoms with van der Waals surface area (Å²) in [5.41, 5.74) is 14.0. The molecule has 0 nitrogen and oxygen atoms in total. The third-order valence-electron chi connectivity index (χ3n) is 7.34. The standard InChI is InChI=1S/C29H32S2/c1-19-25-8-5-9-26(19)29(31-3)18-24-16-22-11-10-20-6-4-7-21(14-20)12-13-27(24)23(15-22)17-28(25)30-2/h4-9,14-16,28-29H,10-13,17-18H2,1-3H3. The van der Waals surface area contributed by atoms with Gasteiger partial charge < -0.3 is 0 Å². The highest BCUT2D eigenvalue weighted by Gasteiger charge is 2.25. The van der Waals surface area contributed by atoms with E-state index in [1.807, 2.05) is 23.5 Å². The van der Waals surface area contributed by atoms with Crippen LogP contribution in [0, 0.1) is 6.92 Å². The molecule has 3 aliphatic carbocycles. The van der Waals surface area contributed by atoms with E-state index in [0.717, 1.165) is 38.5 Å². The Morgan fingerprint density at radius 3 is 1.74 bits per heavy atom. The van der Waals surface area contributed by atoms with Crippen LogP contribution in [0.1, 0.15) is 60.6 Å². The third-order valence-corrected chi connectivity index (χ3v) is 9.32. The number of fused-ring (bicyclic) bond motifs is 4. The molecule has 2 unspecified atom stereocenters. The van der Waals surface area contributed by atoms with Gasteiger partial charge in [-0.2, -0.15) is 23.5 Å². The highest BCUT2D eigenvalue weighted by molar-refractivity contribution is 7.99. The van der Waals surface area contributed by atoms with Gasteiger partial charge in [-0.3, -0.25) is 0 Å². The van der Waals surface area contributed by atoms with Crippen LogP contribution in [-0.2, 0) is 38.5 Å². The zero-order valence-electron chi connectivity index (χ0n) is 18.9. The first-order chi connectivity index (χ1) is 15.2. The van der Waals surface area contributed by atoms with Crippen molar-refractivity contribution >= 4 is 23.5 Å². The van der Waals surface area contributed by atoms with Crippen molar-refractivity contribution in [1.29, 1.82) is 0 Å². The van der Waals surface area contributed by atoms with E-state index in [9.17, 15) is 0 Å². The van der Waals surface area contributed by atoms with Gasteiger partial charge in [0.1, 0.15) is 0 Å². The second-order valence-electron chi connectivity index (χ2n) is 9.13. The minimum Gasteiger partial charge on any atom is -0.157 e.